The normalized spacial score (nSPS) is 14.2. The van der Waals surface area contributed by atoms with Crippen molar-refractivity contribution < 1.29 is 13.6 Å². The Morgan fingerprint density at radius 2 is 2.06 bits per heavy atom. The lowest BCUT2D eigenvalue weighted by atomic mass is 10.0. The van der Waals surface area contributed by atoms with Crippen LogP contribution in [0.4, 0.5) is 8.78 Å². The highest BCUT2D eigenvalue weighted by Gasteiger charge is 2.14. The van der Waals surface area contributed by atoms with Crippen molar-refractivity contribution in [2.75, 3.05) is 6.54 Å². The zero-order valence-corrected chi connectivity index (χ0v) is 9.84. The van der Waals surface area contributed by atoms with E-state index in [4.69, 9.17) is 5.73 Å². The molecule has 5 heteroatoms. The van der Waals surface area contributed by atoms with Crippen LogP contribution >= 0.6 is 0 Å². The number of hydrogen-bond donors (Lipinski definition) is 2. The minimum Gasteiger partial charge on any atom is -0.354 e. The van der Waals surface area contributed by atoms with Gasteiger partial charge in [0.25, 0.3) is 0 Å². The highest BCUT2D eigenvalue weighted by atomic mass is 19.1. The number of amides is 1. The molecule has 1 aromatic rings. The maximum atomic E-state index is 13.4. The summed E-state index contributed by atoms with van der Waals surface area (Å²) in [6.07, 6.45) is 0. The van der Waals surface area contributed by atoms with Crippen LogP contribution in [0.25, 0.3) is 0 Å². The van der Waals surface area contributed by atoms with Gasteiger partial charge in [-0.1, -0.05) is 13.0 Å². The molecule has 94 valence electrons. The molecule has 1 aromatic carbocycles. The van der Waals surface area contributed by atoms with Crippen LogP contribution in [0, 0.1) is 11.6 Å². The van der Waals surface area contributed by atoms with Crippen LogP contribution < -0.4 is 11.1 Å². The molecule has 0 saturated heterocycles. The number of nitrogens with one attached hydrogen (secondary N) is 1. The zero-order chi connectivity index (χ0) is 13.0. The van der Waals surface area contributed by atoms with Crippen molar-refractivity contribution in [3.8, 4) is 0 Å². The molecule has 0 aliphatic rings. The molecule has 1 amide bonds. The summed E-state index contributed by atoms with van der Waals surface area (Å²) < 4.78 is 26.1. The van der Waals surface area contributed by atoms with Gasteiger partial charge in [-0.25, -0.2) is 8.78 Å². The number of carbonyl (C=O) groups is 1. The first-order chi connectivity index (χ1) is 7.91. The molecule has 0 aliphatic heterocycles. The lowest BCUT2D eigenvalue weighted by Gasteiger charge is -2.15. The van der Waals surface area contributed by atoms with Gasteiger partial charge < -0.3 is 11.1 Å². The number of rotatable bonds is 4. The first-order valence-corrected chi connectivity index (χ1v) is 5.40. The van der Waals surface area contributed by atoms with E-state index >= 15 is 0 Å². The number of hydrogen-bond acceptors (Lipinski definition) is 2. The van der Waals surface area contributed by atoms with E-state index in [1.54, 1.807) is 13.8 Å². The summed E-state index contributed by atoms with van der Waals surface area (Å²) in [7, 11) is 0. The maximum Gasteiger partial charge on any atom is 0.236 e. The first kappa shape index (κ1) is 13.6. The molecule has 0 spiro atoms. The second-order valence-electron chi connectivity index (χ2n) is 4.10. The largest absolute Gasteiger partial charge is 0.354 e. The summed E-state index contributed by atoms with van der Waals surface area (Å²) in [4.78, 5) is 11.2. The minimum atomic E-state index is -0.613. The highest BCUT2D eigenvalue weighted by Crippen LogP contribution is 2.18. The van der Waals surface area contributed by atoms with Gasteiger partial charge in [-0.15, -0.1) is 0 Å². The third-order valence-electron chi connectivity index (χ3n) is 2.49. The summed E-state index contributed by atoms with van der Waals surface area (Å²) in [5, 5.41) is 2.60. The molecule has 0 aromatic heterocycles. The molecule has 0 fully saturated rings. The molecule has 2 atom stereocenters. The highest BCUT2D eigenvalue weighted by molar-refractivity contribution is 5.80. The van der Waals surface area contributed by atoms with Gasteiger partial charge in [0.1, 0.15) is 11.6 Å². The predicted molar refractivity (Wildman–Crippen MR) is 61.4 cm³/mol. The third kappa shape index (κ3) is 3.78. The van der Waals surface area contributed by atoms with Gasteiger partial charge >= 0.3 is 0 Å². The number of halogens is 2. The molecular weight excluding hydrogens is 226 g/mol. The van der Waals surface area contributed by atoms with E-state index in [2.05, 4.69) is 5.32 Å². The standard InChI is InChI=1S/C12H16F2N2O/c1-7(6-16-12(17)8(2)15)10-4-3-9(13)5-11(10)14/h3-5,7-8H,6,15H2,1-2H3,(H,16,17)/t7?,8-/m1/s1. The van der Waals surface area contributed by atoms with Crippen molar-refractivity contribution in [3.63, 3.8) is 0 Å². The Balaban J connectivity index is 2.64. The van der Waals surface area contributed by atoms with Gasteiger partial charge in [0.05, 0.1) is 6.04 Å². The Bertz CT molecular complexity index is 407. The fourth-order valence-corrected chi connectivity index (χ4v) is 1.43. The fourth-order valence-electron chi connectivity index (χ4n) is 1.43. The van der Waals surface area contributed by atoms with Crippen molar-refractivity contribution in [3.05, 3.63) is 35.4 Å². The van der Waals surface area contributed by atoms with Crippen molar-refractivity contribution in [2.24, 2.45) is 5.73 Å². The van der Waals surface area contributed by atoms with Crippen LogP contribution in [0.3, 0.4) is 0 Å². The summed E-state index contributed by atoms with van der Waals surface area (Å²) in [6, 6.07) is 2.81. The van der Waals surface area contributed by atoms with E-state index in [9.17, 15) is 13.6 Å². The average Bonchev–Trinajstić information content (AvgIpc) is 2.25. The van der Waals surface area contributed by atoms with Crippen LogP contribution in [0.1, 0.15) is 25.3 Å². The predicted octanol–water partition coefficient (Wildman–Crippen LogP) is 1.53. The Morgan fingerprint density at radius 1 is 1.41 bits per heavy atom. The number of benzene rings is 1. The maximum absolute atomic E-state index is 13.4. The van der Waals surface area contributed by atoms with Gasteiger partial charge in [-0.3, -0.25) is 4.79 Å². The second-order valence-corrected chi connectivity index (χ2v) is 4.10. The SMILES string of the molecule is CC(CNC(=O)[C@@H](C)N)c1ccc(F)cc1F. The Labute approximate surface area is 99.0 Å². The van der Waals surface area contributed by atoms with E-state index in [1.165, 1.54) is 12.1 Å². The molecule has 0 saturated carbocycles. The Morgan fingerprint density at radius 3 is 2.59 bits per heavy atom. The third-order valence-corrected chi connectivity index (χ3v) is 2.49. The fraction of sp³-hybridized carbons (Fsp3) is 0.417. The van der Waals surface area contributed by atoms with Crippen LogP contribution in [0.15, 0.2) is 18.2 Å². The van der Waals surface area contributed by atoms with Crippen molar-refractivity contribution in [1.82, 2.24) is 5.32 Å². The van der Waals surface area contributed by atoms with E-state index in [0.717, 1.165) is 6.07 Å². The Hall–Kier alpha value is -1.49. The van der Waals surface area contributed by atoms with E-state index < -0.39 is 17.7 Å². The molecule has 3 N–H and O–H groups in total. The van der Waals surface area contributed by atoms with Gasteiger partial charge in [-0.05, 0) is 18.6 Å². The van der Waals surface area contributed by atoms with E-state index in [1.807, 2.05) is 0 Å². The summed E-state index contributed by atoms with van der Waals surface area (Å²) in [5.41, 5.74) is 5.75. The smallest absolute Gasteiger partial charge is 0.236 e. The molecule has 0 aliphatic carbocycles. The average molecular weight is 242 g/mol. The molecular formula is C12H16F2N2O. The molecule has 1 unspecified atom stereocenters. The zero-order valence-electron chi connectivity index (χ0n) is 9.84. The van der Waals surface area contributed by atoms with Crippen LogP contribution in [0.2, 0.25) is 0 Å². The van der Waals surface area contributed by atoms with Crippen molar-refractivity contribution in [1.29, 1.82) is 0 Å². The topological polar surface area (TPSA) is 55.1 Å². The Kier molecular flexibility index (Phi) is 4.57. The molecule has 0 bridgehead atoms. The van der Waals surface area contributed by atoms with E-state index in [-0.39, 0.29) is 18.4 Å². The first-order valence-electron chi connectivity index (χ1n) is 5.40. The molecule has 17 heavy (non-hydrogen) atoms. The van der Waals surface area contributed by atoms with Gasteiger partial charge in [-0.2, -0.15) is 0 Å². The van der Waals surface area contributed by atoms with Gasteiger partial charge in [0.2, 0.25) is 5.91 Å². The van der Waals surface area contributed by atoms with Gasteiger partial charge in [0.15, 0.2) is 0 Å². The van der Waals surface area contributed by atoms with Crippen LogP contribution in [0.5, 0.6) is 0 Å². The molecule has 0 radical (unpaired) electrons. The number of carbonyl (C=O) groups excluding carboxylic acids is 1. The second kappa shape index (κ2) is 5.72. The monoisotopic (exact) mass is 242 g/mol. The quantitative estimate of drug-likeness (QED) is 0.841. The lowest BCUT2D eigenvalue weighted by Crippen LogP contribution is -2.39. The number of nitrogens with two attached hydrogens (primary N) is 1. The van der Waals surface area contributed by atoms with Crippen LogP contribution in [-0.4, -0.2) is 18.5 Å². The summed E-state index contributed by atoms with van der Waals surface area (Å²) in [5.74, 6) is -1.75. The van der Waals surface area contributed by atoms with Crippen molar-refractivity contribution in [2.45, 2.75) is 25.8 Å². The van der Waals surface area contributed by atoms with Crippen LogP contribution in [-0.2, 0) is 4.79 Å². The van der Waals surface area contributed by atoms with Gasteiger partial charge in [0, 0.05) is 18.5 Å². The molecule has 0 heterocycles. The van der Waals surface area contributed by atoms with Crippen molar-refractivity contribution >= 4 is 5.91 Å². The van der Waals surface area contributed by atoms with E-state index in [0.29, 0.717) is 5.56 Å². The minimum absolute atomic E-state index is 0.238. The lowest BCUT2D eigenvalue weighted by molar-refractivity contribution is -0.122. The summed E-state index contributed by atoms with van der Waals surface area (Å²) in [6.45, 7) is 3.58. The molecule has 3 nitrogen and oxygen atoms in total. The summed E-state index contributed by atoms with van der Waals surface area (Å²) >= 11 is 0. The molecule has 1 rings (SSSR count).